The number of halogens is 2. The molecule has 0 aliphatic carbocycles. The van der Waals surface area contributed by atoms with Gasteiger partial charge in [-0.3, -0.25) is 9.78 Å². The predicted octanol–water partition coefficient (Wildman–Crippen LogP) is 5.22. The van der Waals surface area contributed by atoms with Gasteiger partial charge in [0.2, 0.25) is 0 Å². The van der Waals surface area contributed by atoms with E-state index in [4.69, 9.17) is 16.3 Å². The van der Waals surface area contributed by atoms with Gasteiger partial charge in [0.25, 0.3) is 0 Å². The first-order chi connectivity index (χ1) is 12.0. The summed E-state index contributed by atoms with van der Waals surface area (Å²) in [6, 6.07) is 9.91. The number of pyridine rings is 1. The maximum Gasteiger partial charge on any atom is 0.166 e. The van der Waals surface area contributed by atoms with Crippen molar-refractivity contribution in [1.82, 2.24) is 4.98 Å². The lowest BCUT2D eigenvalue weighted by molar-refractivity contribution is 0.0985. The molecule has 0 aliphatic heterocycles. The van der Waals surface area contributed by atoms with E-state index in [0.717, 1.165) is 16.5 Å². The molecule has 0 aliphatic rings. The molecule has 0 unspecified atom stereocenters. The lowest BCUT2D eigenvalue weighted by Gasteiger charge is -2.12. The number of carbonyl (C=O) groups is 1. The highest BCUT2D eigenvalue weighted by Gasteiger charge is 2.18. The molecule has 0 radical (unpaired) electrons. The minimum absolute atomic E-state index is 0.0437. The maximum atomic E-state index is 13.0. The van der Waals surface area contributed by atoms with Gasteiger partial charge in [0, 0.05) is 18.0 Å². The van der Waals surface area contributed by atoms with Crippen LogP contribution in [0.25, 0.3) is 10.9 Å². The van der Waals surface area contributed by atoms with Crippen molar-refractivity contribution in [2.45, 2.75) is 19.8 Å². The molecular formula is C20H17ClFNO2. The number of benzene rings is 2. The molecule has 3 rings (SSSR count). The molecule has 3 nitrogen and oxygen atoms in total. The highest BCUT2D eigenvalue weighted by atomic mass is 35.5. The highest BCUT2D eigenvalue weighted by molar-refractivity contribution is 6.36. The van der Waals surface area contributed by atoms with Crippen LogP contribution in [-0.2, 0) is 6.42 Å². The minimum Gasteiger partial charge on any atom is -0.494 e. The average Bonchev–Trinajstić information content (AvgIpc) is 2.63. The van der Waals surface area contributed by atoms with E-state index in [1.807, 2.05) is 6.07 Å². The number of methoxy groups -OCH3 is 1. The molecule has 0 spiro atoms. The predicted molar refractivity (Wildman–Crippen MR) is 97.1 cm³/mol. The normalized spacial score (nSPS) is 10.9. The Kier molecular flexibility index (Phi) is 5.00. The van der Waals surface area contributed by atoms with Gasteiger partial charge in [0.1, 0.15) is 11.3 Å². The van der Waals surface area contributed by atoms with Crippen molar-refractivity contribution in [1.29, 1.82) is 0 Å². The van der Waals surface area contributed by atoms with Crippen LogP contribution in [0.1, 0.15) is 34.8 Å². The number of hydrogen-bond donors (Lipinski definition) is 0. The fraction of sp³-hybridized carbons (Fsp3) is 0.200. The number of rotatable bonds is 5. The Balaban J connectivity index is 2.07. The zero-order valence-corrected chi connectivity index (χ0v) is 14.7. The standard InChI is InChI=1S/C20H17ClFNO2/c1-3-18(24)16-10-17(21)15-9-13(11-23-19(15)20(16)25-2)8-12-4-6-14(22)7-5-12/h4-7,9-11H,3,8H2,1-2H3. The van der Waals surface area contributed by atoms with Crippen LogP contribution in [0, 0.1) is 5.82 Å². The van der Waals surface area contributed by atoms with Crippen LogP contribution in [-0.4, -0.2) is 17.9 Å². The molecule has 0 fully saturated rings. The third kappa shape index (κ3) is 3.49. The molecule has 2 aromatic carbocycles. The monoisotopic (exact) mass is 357 g/mol. The Morgan fingerprint density at radius 2 is 1.92 bits per heavy atom. The van der Waals surface area contributed by atoms with E-state index >= 15 is 0 Å². The molecule has 3 aromatic rings. The summed E-state index contributed by atoms with van der Waals surface area (Å²) in [6.45, 7) is 1.79. The Hall–Kier alpha value is -2.46. The number of fused-ring (bicyclic) bond motifs is 1. The first-order valence-corrected chi connectivity index (χ1v) is 8.34. The first-order valence-electron chi connectivity index (χ1n) is 7.96. The molecule has 0 bridgehead atoms. The number of ether oxygens (including phenoxy) is 1. The zero-order valence-electron chi connectivity index (χ0n) is 14.0. The molecule has 0 amide bonds. The van der Waals surface area contributed by atoms with Crippen molar-refractivity contribution in [2.75, 3.05) is 7.11 Å². The highest BCUT2D eigenvalue weighted by Crippen LogP contribution is 2.35. The van der Waals surface area contributed by atoms with Crippen LogP contribution in [0.5, 0.6) is 5.75 Å². The van der Waals surface area contributed by atoms with E-state index in [-0.39, 0.29) is 11.6 Å². The van der Waals surface area contributed by atoms with Crippen LogP contribution >= 0.6 is 11.6 Å². The summed E-state index contributed by atoms with van der Waals surface area (Å²) in [4.78, 5) is 16.6. The zero-order chi connectivity index (χ0) is 18.0. The minimum atomic E-state index is -0.263. The summed E-state index contributed by atoms with van der Waals surface area (Å²) < 4.78 is 18.5. The number of aromatic nitrogens is 1. The number of nitrogens with zero attached hydrogens (tertiary/aromatic N) is 1. The number of Topliss-reactive ketones (excluding diaryl/α,β-unsaturated/α-hetero) is 1. The largest absolute Gasteiger partial charge is 0.494 e. The lowest BCUT2D eigenvalue weighted by atomic mass is 10.0. The molecule has 0 atom stereocenters. The third-order valence-electron chi connectivity index (χ3n) is 4.08. The van der Waals surface area contributed by atoms with Gasteiger partial charge in [-0.25, -0.2) is 4.39 Å². The van der Waals surface area contributed by atoms with Crippen LogP contribution < -0.4 is 4.74 Å². The maximum absolute atomic E-state index is 13.0. The summed E-state index contributed by atoms with van der Waals surface area (Å²) in [6.07, 6.45) is 2.70. The quantitative estimate of drug-likeness (QED) is 0.588. The van der Waals surface area contributed by atoms with Crippen molar-refractivity contribution < 1.29 is 13.9 Å². The second-order valence-electron chi connectivity index (χ2n) is 5.76. The van der Waals surface area contributed by atoms with Gasteiger partial charge in [-0.05, 0) is 41.8 Å². The second kappa shape index (κ2) is 7.19. The topological polar surface area (TPSA) is 39.2 Å². The van der Waals surface area contributed by atoms with Crippen molar-refractivity contribution >= 4 is 28.3 Å². The Bertz CT molecular complexity index is 939. The number of ketones is 1. The van der Waals surface area contributed by atoms with E-state index in [0.29, 0.717) is 34.7 Å². The van der Waals surface area contributed by atoms with Crippen molar-refractivity contribution in [3.8, 4) is 5.75 Å². The molecule has 0 saturated carbocycles. The SMILES string of the molecule is CCC(=O)c1cc(Cl)c2cc(Cc3ccc(F)cc3)cnc2c1OC. The molecular weight excluding hydrogens is 341 g/mol. The van der Waals surface area contributed by atoms with Crippen molar-refractivity contribution in [3.63, 3.8) is 0 Å². The molecule has 1 aromatic heterocycles. The second-order valence-corrected chi connectivity index (χ2v) is 6.17. The van der Waals surface area contributed by atoms with Gasteiger partial charge < -0.3 is 4.74 Å². The smallest absolute Gasteiger partial charge is 0.166 e. The van der Waals surface area contributed by atoms with E-state index in [1.54, 1.807) is 31.3 Å². The summed E-state index contributed by atoms with van der Waals surface area (Å²) >= 11 is 6.39. The summed E-state index contributed by atoms with van der Waals surface area (Å²) in [7, 11) is 1.52. The fourth-order valence-corrected chi connectivity index (χ4v) is 3.06. The van der Waals surface area contributed by atoms with Gasteiger partial charge in [-0.2, -0.15) is 0 Å². The van der Waals surface area contributed by atoms with Crippen LogP contribution in [0.2, 0.25) is 5.02 Å². The molecule has 0 N–H and O–H groups in total. The van der Waals surface area contributed by atoms with E-state index in [1.165, 1.54) is 19.2 Å². The van der Waals surface area contributed by atoms with E-state index in [9.17, 15) is 9.18 Å². The summed E-state index contributed by atoms with van der Waals surface area (Å²) in [5.41, 5.74) is 2.93. The van der Waals surface area contributed by atoms with Gasteiger partial charge >= 0.3 is 0 Å². The Morgan fingerprint density at radius 1 is 1.20 bits per heavy atom. The van der Waals surface area contributed by atoms with Crippen LogP contribution in [0.4, 0.5) is 4.39 Å². The third-order valence-corrected chi connectivity index (χ3v) is 4.39. The molecule has 1 heterocycles. The average molecular weight is 358 g/mol. The van der Waals surface area contributed by atoms with Crippen LogP contribution in [0.15, 0.2) is 42.6 Å². The van der Waals surface area contributed by atoms with Gasteiger partial charge in [0.15, 0.2) is 11.5 Å². The molecule has 128 valence electrons. The van der Waals surface area contributed by atoms with Crippen LogP contribution in [0.3, 0.4) is 0 Å². The summed E-state index contributed by atoms with van der Waals surface area (Å²) in [5.74, 6) is 0.138. The fourth-order valence-electron chi connectivity index (χ4n) is 2.81. The molecule has 5 heteroatoms. The van der Waals surface area contributed by atoms with E-state index < -0.39 is 0 Å². The van der Waals surface area contributed by atoms with Crippen molar-refractivity contribution in [2.24, 2.45) is 0 Å². The number of carbonyl (C=O) groups excluding carboxylic acids is 1. The number of hydrogen-bond acceptors (Lipinski definition) is 3. The molecule has 0 saturated heterocycles. The van der Waals surface area contributed by atoms with Crippen molar-refractivity contribution in [3.05, 3.63) is 70.1 Å². The first kappa shape index (κ1) is 17.4. The Labute approximate surface area is 150 Å². The van der Waals surface area contributed by atoms with Gasteiger partial charge in [0.05, 0.1) is 17.7 Å². The lowest BCUT2D eigenvalue weighted by Crippen LogP contribution is -2.03. The van der Waals surface area contributed by atoms with E-state index in [2.05, 4.69) is 4.98 Å². The van der Waals surface area contributed by atoms with Gasteiger partial charge in [-0.15, -0.1) is 0 Å². The van der Waals surface area contributed by atoms with Gasteiger partial charge in [-0.1, -0.05) is 30.7 Å². The Morgan fingerprint density at radius 3 is 2.56 bits per heavy atom. The molecule has 25 heavy (non-hydrogen) atoms. The summed E-state index contributed by atoms with van der Waals surface area (Å²) in [5, 5.41) is 1.19.